The molecule has 0 amide bonds. The van der Waals surface area contributed by atoms with Crippen LogP contribution in [0.3, 0.4) is 0 Å². The maximum absolute atomic E-state index is 13.0. The van der Waals surface area contributed by atoms with E-state index in [1.165, 1.54) is 36.4 Å². The first kappa shape index (κ1) is 22.9. The van der Waals surface area contributed by atoms with Gasteiger partial charge in [-0.25, -0.2) is 13.1 Å². The highest BCUT2D eigenvalue weighted by Gasteiger charge is 2.34. The van der Waals surface area contributed by atoms with Crippen LogP contribution in [0.25, 0.3) is 0 Å². The summed E-state index contributed by atoms with van der Waals surface area (Å²) in [6.07, 6.45) is 0. The van der Waals surface area contributed by atoms with Gasteiger partial charge in [-0.15, -0.1) is 11.6 Å². The molecule has 0 saturated heterocycles. The maximum Gasteiger partial charge on any atom is 0.289 e. The van der Waals surface area contributed by atoms with E-state index in [9.17, 15) is 23.3 Å². The zero-order valence-corrected chi connectivity index (χ0v) is 18.1. The molecule has 0 saturated carbocycles. The van der Waals surface area contributed by atoms with Gasteiger partial charge in [-0.2, -0.15) is 0 Å². The minimum Gasteiger partial charge on any atom is -0.292 e. The smallest absolute Gasteiger partial charge is 0.289 e. The van der Waals surface area contributed by atoms with Gasteiger partial charge in [-0.1, -0.05) is 54.1 Å². The summed E-state index contributed by atoms with van der Waals surface area (Å²) >= 11 is 12.3. The number of hydrogen-bond donors (Lipinski definition) is 1. The summed E-state index contributed by atoms with van der Waals surface area (Å²) in [6, 6.07) is 18.0. The summed E-state index contributed by atoms with van der Waals surface area (Å²) in [5.41, 5.74) is 0.0826. The lowest BCUT2D eigenvalue weighted by molar-refractivity contribution is -0.387. The molecule has 160 valence electrons. The number of halogens is 2. The number of carbonyl (C=O) groups is 1. The molecule has 0 bridgehead atoms. The largest absolute Gasteiger partial charge is 0.292 e. The van der Waals surface area contributed by atoms with Crippen molar-refractivity contribution in [3.8, 4) is 0 Å². The number of nitro benzene ring substituents is 1. The molecule has 0 aliphatic rings. The van der Waals surface area contributed by atoms with E-state index < -0.39 is 42.7 Å². The highest BCUT2D eigenvalue weighted by Crippen LogP contribution is 2.29. The van der Waals surface area contributed by atoms with E-state index >= 15 is 0 Å². The molecule has 0 unspecified atom stereocenters. The van der Waals surface area contributed by atoms with Crippen molar-refractivity contribution in [2.45, 2.75) is 16.3 Å². The van der Waals surface area contributed by atoms with E-state index in [1.54, 1.807) is 30.3 Å². The first-order valence-corrected chi connectivity index (χ1v) is 11.2. The molecule has 0 heterocycles. The van der Waals surface area contributed by atoms with Gasteiger partial charge in [0.2, 0.25) is 10.0 Å². The minimum atomic E-state index is -4.40. The molecular weight excluding hydrogens is 463 g/mol. The summed E-state index contributed by atoms with van der Waals surface area (Å²) in [5, 5.41) is 10.4. The number of rotatable bonds is 8. The highest BCUT2D eigenvalue weighted by molar-refractivity contribution is 7.89. The molecule has 3 aromatic carbocycles. The Labute approximate surface area is 188 Å². The van der Waals surface area contributed by atoms with Crippen LogP contribution >= 0.6 is 23.2 Å². The SMILES string of the molecule is O=C(c1ccc(Cl)cc1)[C@H](Cl)[C@H](NS(=O)(=O)c1ccccc1[N+](=O)[O-])c1ccccc1. The maximum atomic E-state index is 13.0. The predicted octanol–water partition coefficient (Wildman–Crippen LogP) is 4.76. The third-order valence-electron chi connectivity index (χ3n) is 4.46. The Hall–Kier alpha value is -2.78. The van der Waals surface area contributed by atoms with Crippen molar-refractivity contribution in [2.24, 2.45) is 0 Å². The van der Waals surface area contributed by atoms with Crippen LogP contribution in [0.4, 0.5) is 5.69 Å². The molecule has 0 aliphatic carbocycles. The Morgan fingerprint density at radius 3 is 2.13 bits per heavy atom. The van der Waals surface area contributed by atoms with Crippen molar-refractivity contribution in [1.82, 2.24) is 4.72 Å². The van der Waals surface area contributed by atoms with Gasteiger partial charge >= 0.3 is 0 Å². The van der Waals surface area contributed by atoms with Gasteiger partial charge in [0.25, 0.3) is 5.69 Å². The lowest BCUT2D eigenvalue weighted by atomic mass is 9.98. The van der Waals surface area contributed by atoms with Gasteiger partial charge in [0.15, 0.2) is 10.7 Å². The Bertz CT molecular complexity index is 1200. The molecular formula is C21H16Cl2N2O5S. The summed E-state index contributed by atoms with van der Waals surface area (Å²) in [5.74, 6) is -0.530. The van der Waals surface area contributed by atoms with E-state index in [0.29, 0.717) is 10.6 Å². The first-order chi connectivity index (χ1) is 14.7. The van der Waals surface area contributed by atoms with Crippen molar-refractivity contribution in [1.29, 1.82) is 0 Å². The van der Waals surface area contributed by atoms with Crippen LogP contribution in [0.1, 0.15) is 22.0 Å². The van der Waals surface area contributed by atoms with E-state index in [2.05, 4.69) is 4.72 Å². The molecule has 0 spiro atoms. The van der Waals surface area contributed by atoms with Crippen molar-refractivity contribution < 1.29 is 18.1 Å². The van der Waals surface area contributed by atoms with Gasteiger partial charge in [-0.3, -0.25) is 14.9 Å². The molecule has 3 aromatic rings. The minimum absolute atomic E-state index is 0.246. The monoisotopic (exact) mass is 478 g/mol. The number of sulfonamides is 1. The van der Waals surface area contributed by atoms with Crippen molar-refractivity contribution in [3.63, 3.8) is 0 Å². The van der Waals surface area contributed by atoms with Crippen molar-refractivity contribution in [2.75, 3.05) is 0 Å². The van der Waals surface area contributed by atoms with Crippen LogP contribution < -0.4 is 4.72 Å². The van der Waals surface area contributed by atoms with Crippen molar-refractivity contribution >= 4 is 44.7 Å². The average Bonchev–Trinajstić information content (AvgIpc) is 2.77. The molecule has 31 heavy (non-hydrogen) atoms. The van der Waals surface area contributed by atoms with Gasteiger partial charge in [0.05, 0.1) is 11.0 Å². The number of para-hydroxylation sites is 1. The second-order valence-corrected chi connectivity index (χ2v) is 9.10. The molecule has 1 N–H and O–H groups in total. The quantitative estimate of drug-likeness (QED) is 0.217. The normalized spacial score (nSPS) is 13.4. The second-order valence-electron chi connectivity index (χ2n) is 6.51. The van der Waals surface area contributed by atoms with E-state index in [1.807, 2.05) is 0 Å². The highest BCUT2D eigenvalue weighted by atomic mass is 35.5. The summed E-state index contributed by atoms with van der Waals surface area (Å²) in [4.78, 5) is 22.9. The Balaban J connectivity index is 2.02. The fourth-order valence-electron chi connectivity index (χ4n) is 2.95. The third-order valence-corrected chi connectivity index (χ3v) is 6.65. The zero-order valence-electron chi connectivity index (χ0n) is 15.8. The topological polar surface area (TPSA) is 106 Å². The van der Waals surface area contributed by atoms with Gasteiger partial charge in [-0.05, 0) is 35.9 Å². The number of nitrogens with one attached hydrogen (secondary N) is 1. The lowest BCUT2D eigenvalue weighted by Gasteiger charge is -2.23. The van der Waals surface area contributed by atoms with Crippen LogP contribution in [0.2, 0.25) is 5.02 Å². The molecule has 2 atom stereocenters. The third kappa shape index (κ3) is 5.29. The average molecular weight is 479 g/mol. The number of carbonyl (C=O) groups excluding carboxylic acids is 1. The zero-order chi connectivity index (χ0) is 22.6. The molecule has 0 fully saturated rings. The van der Waals surface area contributed by atoms with Gasteiger partial charge < -0.3 is 0 Å². The Morgan fingerprint density at radius 1 is 0.935 bits per heavy atom. The number of hydrogen-bond acceptors (Lipinski definition) is 5. The molecule has 7 nitrogen and oxygen atoms in total. The Morgan fingerprint density at radius 2 is 1.52 bits per heavy atom. The number of alkyl halides is 1. The number of nitrogens with zero attached hydrogens (tertiary/aromatic N) is 1. The van der Waals surface area contributed by atoms with Crippen molar-refractivity contribution in [3.05, 3.63) is 105 Å². The fourth-order valence-corrected chi connectivity index (χ4v) is 4.89. The standard InChI is InChI=1S/C21H16Cl2N2O5S/c22-16-12-10-15(11-13-16)21(26)19(23)20(14-6-2-1-3-7-14)24-31(29,30)18-9-5-4-8-17(18)25(27)28/h1-13,19-20,24H/t19-,20-/m1/s1. The van der Waals surface area contributed by atoms with Crippen LogP contribution in [0, 0.1) is 10.1 Å². The summed E-state index contributed by atoms with van der Waals surface area (Å²) in [6.45, 7) is 0. The van der Waals surface area contributed by atoms with Crippen LogP contribution in [-0.4, -0.2) is 24.5 Å². The predicted molar refractivity (Wildman–Crippen MR) is 118 cm³/mol. The molecule has 3 rings (SSSR count). The van der Waals surface area contributed by atoms with E-state index in [0.717, 1.165) is 12.1 Å². The summed E-state index contributed by atoms with van der Waals surface area (Å²) < 4.78 is 28.5. The second kappa shape index (κ2) is 9.57. The number of Topliss-reactive ketones (excluding diaryl/α,β-unsaturated/α-hetero) is 1. The molecule has 10 heteroatoms. The Kier molecular flexibility index (Phi) is 7.07. The van der Waals surface area contributed by atoms with Gasteiger partial charge in [0, 0.05) is 16.7 Å². The number of nitro groups is 1. The molecule has 0 radical (unpaired) electrons. The summed E-state index contributed by atoms with van der Waals surface area (Å²) in [7, 11) is -4.40. The first-order valence-electron chi connectivity index (χ1n) is 8.95. The van der Waals surface area contributed by atoms with E-state index in [-0.39, 0.29) is 5.56 Å². The number of benzene rings is 3. The van der Waals surface area contributed by atoms with Crippen LogP contribution in [0.15, 0.2) is 83.8 Å². The molecule has 0 aliphatic heterocycles. The fraction of sp³-hybridized carbons (Fsp3) is 0.0952. The lowest BCUT2D eigenvalue weighted by Crippen LogP contribution is -2.38. The molecule has 0 aromatic heterocycles. The van der Waals surface area contributed by atoms with Crippen LogP contribution in [-0.2, 0) is 10.0 Å². The van der Waals surface area contributed by atoms with Crippen LogP contribution in [0.5, 0.6) is 0 Å². The number of ketones is 1. The van der Waals surface area contributed by atoms with E-state index in [4.69, 9.17) is 23.2 Å². The van der Waals surface area contributed by atoms with Gasteiger partial charge in [0.1, 0.15) is 5.38 Å².